The summed E-state index contributed by atoms with van der Waals surface area (Å²) in [5.74, 6) is -1.12. The molecule has 0 fully saturated rings. The number of hydrogen-bond acceptors (Lipinski definition) is 6. The minimum Gasteiger partial charge on any atom is -0.394 e. The summed E-state index contributed by atoms with van der Waals surface area (Å²) in [5, 5.41) is 20.5. The second-order valence-electron chi connectivity index (χ2n) is 5.73. The van der Waals surface area contributed by atoms with E-state index in [2.05, 4.69) is 20.4 Å². The number of nitrogens with one attached hydrogen (secondary N) is 1. The Morgan fingerprint density at radius 3 is 2.55 bits per heavy atom. The maximum absolute atomic E-state index is 14.2. The summed E-state index contributed by atoms with van der Waals surface area (Å²) < 4.78 is 66.7. The first-order valence-electron chi connectivity index (χ1n) is 8.99. The highest BCUT2D eigenvalue weighted by Crippen LogP contribution is 2.36. The third-order valence-electron chi connectivity index (χ3n) is 3.75. The lowest BCUT2D eigenvalue weighted by Gasteiger charge is -2.13. The monoisotopic (exact) mass is 460 g/mol. The van der Waals surface area contributed by atoms with E-state index in [0.29, 0.717) is 6.20 Å². The van der Waals surface area contributed by atoms with Gasteiger partial charge in [-0.05, 0) is 18.2 Å². The van der Waals surface area contributed by atoms with Gasteiger partial charge in [0.05, 0.1) is 35.6 Å². The summed E-state index contributed by atoms with van der Waals surface area (Å²) in [6, 6.07) is 3.45. The second-order valence-corrected chi connectivity index (χ2v) is 6.80. The highest BCUT2D eigenvalue weighted by Gasteiger charge is 2.36. The fourth-order valence-corrected chi connectivity index (χ4v) is 2.84. The van der Waals surface area contributed by atoms with Crippen molar-refractivity contribution in [1.82, 2.24) is 19.7 Å². The van der Waals surface area contributed by atoms with Crippen LogP contribution in [0.5, 0.6) is 0 Å². The number of alkyl halides is 3. The molecule has 2 heterocycles. The molecule has 31 heavy (non-hydrogen) atoms. The summed E-state index contributed by atoms with van der Waals surface area (Å²) in [4.78, 5) is 7.52. The number of hydrogen-bond donors (Lipinski definition) is 3. The van der Waals surface area contributed by atoms with Crippen molar-refractivity contribution in [2.24, 2.45) is 5.14 Å². The molecule has 0 saturated heterocycles. The van der Waals surface area contributed by atoms with Crippen LogP contribution in [0.3, 0.4) is 0 Å². The maximum atomic E-state index is 14.2. The van der Waals surface area contributed by atoms with Crippen molar-refractivity contribution in [1.29, 1.82) is 0 Å². The summed E-state index contributed by atoms with van der Waals surface area (Å²) in [6.07, 6.45) is -1.69. The van der Waals surface area contributed by atoms with Crippen LogP contribution >= 0.6 is 0 Å². The number of aromatic nitrogens is 4. The van der Waals surface area contributed by atoms with Gasteiger partial charge in [-0.15, -0.1) is 0 Å². The predicted molar refractivity (Wildman–Crippen MR) is 107 cm³/mol. The van der Waals surface area contributed by atoms with Crippen molar-refractivity contribution in [2.75, 3.05) is 11.9 Å². The van der Waals surface area contributed by atoms with E-state index in [0.717, 1.165) is 6.07 Å². The molecule has 3 rings (SSSR count). The number of nitrogens with two attached hydrogens (primary N) is 1. The number of rotatable bonds is 6. The Morgan fingerprint density at radius 2 is 1.97 bits per heavy atom. The molecule has 8 nitrogen and oxygen atoms in total. The lowest BCUT2D eigenvalue weighted by molar-refractivity contribution is -0.137. The van der Waals surface area contributed by atoms with Crippen LogP contribution in [0, 0.1) is 5.82 Å². The molecule has 3 aromatic rings. The average molecular weight is 460 g/mol. The Bertz CT molecular complexity index is 1060. The van der Waals surface area contributed by atoms with E-state index in [1.807, 2.05) is 13.8 Å². The van der Waals surface area contributed by atoms with Crippen LogP contribution in [0.25, 0.3) is 11.3 Å². The summed E-state index contributed by atoms with van der Waals surface area (Å²) >= 11 is 0. The first kappa shape index (κ1) is 24.4. The zero-order chi connectivity index (χ0) is 23.2. The molecular weight excluding hydrogens is 440 g/mol. The Morgan fingerprint density at radius 1 is 1.26 bits per heavy atom. The fourth-order valence-electron chi connectivity index (χ4n) is 2.42. The van der Waals surface area contributed by atoms with Crippen molar-refractivity contribution in [3.05, 3.63) is 48.2 Å². The van der Waals surface area contributed by atoms with Gasteiger partial charge in [-0.1, -0.05) is 13.8 Å². The smallest absolute Gasteiger partial charge is 0.394 e. The number of anilines is 2. The van der Waals surface area contributed by atoms with E-state index in [1.165, 1.54) is 29.2 Å². The molecule has 0 saturated carbocycles. The molecule has 0 bridgehead atoms. The molecule has 2 aromatic heterocycles. The zero-order valence-electron chi connectivity index (χ0n) is 16.5. The van der Waals surface area contributed by atoms with E-state index < -0.39 is 34.2 Å². The highest BCUT2D eigenvalue weighted by molar-refractivity contribution is 7.82. The van der Waals surface area contributed by atoms with Crippen LogP contribution in [-0.2, 0) is 23.7 Å². The van der Waals surface area contributed by atoms with Gasteiger partial charge >= 0.3 is 6.18 Å². The van der Waals surface area contributed by atoms with Crippen molar-refractivity contribution < 1.29 is 26.9 Å². The minimum atomic E-state index is -4.73. The molecule has 0 aliphatic heterocycles. The number of aliphatic hydroxyl groups excluding tert-OH is 1. The summed E-state index contributed by atoms with van der Waals surface area (Å²) in [5.41, 5.74) is -1.65. The lowest BCUT2D eigenvalue weighted by Crippen LogP contribution is -2.11. The van der Waals surface area contributed by atoms with Gasteiger partial charge in [-0.2, -0.15) is 18.3 Å². The van der Waals surface area contributed by atoms with Gasteiger partial charge in [0.1, 0.15) is 22.4 Å². The standard InChI is InChI=1S/C16H14F4N6O2S.C2H6/c17-12-5-10(29(21)28)1-2-13(12)24-15-22-7-11(16(18,19)20)14(25-15)9-6-23-26(8-9)3-4-27;1-2/h1-2,5-8,27H,3-4,21H2,(H,22,24,25);1-2H3. The van der Waals surface area contributed by atoms with Gasteiger partial charge in [0.15, 0.2) is 0 Å². The molecule has 1 atom stereocenters. The summed E-state index contributed by atoms with van der Waals surface area (Å²) in [7, 11) is -1.89. The number of nitrogens with zero attached hydrogens (tertiary/aromatic N) is 4. The Hall–Kier alpha value is -2.90. The van der Waals surface area contributed by atoms with E-state index in [9.17, 15) is 21.8 Å². The molecule has 0 aliphatic carbocycles. The van der Waals surface area contributed by atoms with Gasteiger partial charge in [-0.25, -0.2) is 23.7 Å². The van der Waals surface area contributed by atoms with Crippen LogP contribution in [-0.4, -0.2) is 35.7 Å². The van der Waals surface area contributed by atoms with E-state index in [-0.39, 0.29) is 35.2 Å². The molecule has 1 aromatic carbocycles. The Kier molecular flexibility index (Phi) is 8.19. The Balaban J connectivity index is 0.00000166. The van der Waals surface area contributed by atoms with Crippen LogP contribution in [0.4, 0.5) is 29.2 Å². The summed E-state index contributed by atoms with van der Waals surface area (Å²) in [6.45, 7) is 3.85. The SMILES string of the molecule is CC.NS(=O)c1ccc(Nc2ncc(C(F)(F)F)c(-c3cnn(CCO)c3)n2)c(F)c1. The van der Waals surface area contributed by atoms with Crippen molar-refractivity contribution in [3.8, 4) is 11.3 Å². The molecule has 0 amide bonds. The van der Waals surface area contributed by atoms with Gasteiger partial charge in [0, 0.05) is 18.0 Å². The van der Waals surface area contributed by atoms with E-state index >= 15 is 0 Å². The lowest BCUT2D eigenvalue weighted by atomic mass is 10.1. The van der Waals surface area contributed by atoms with E-state index in [1.54, 1.807) is 0 Å². The maximum Gasteiger partial charge on any atom is 0.419 e. The molecule has 0 spiro atoms. The molecular formula is C18H20F4N6O2S. The number of halogens is 4. The number of aliphatic hydroxyl groups is 1. The van der Waals surface area contributed by atoms with Crippen molar-refractivity contribution >= 4 is 22.6 Å². The first-order valence-corrected chi connectivity index (χ1v) is 10.2. The topological polar surface area (TPSA) is 119 Å². The van der Waals surface area contributed by atoms with Crippen LogP contribution in [0.1, 0.15) is 19.4 Å². The number of benzene rings is 1. The van der Waals surface area contributed by atoms with E-state index in [4.69, 9.17) is 10.2 Å². The second kappa shape index (κ2) is 10.4. The van der Waals surface area contributed by atoms with Crippen LogP contribution < -0.4 is 10.5 Å². The van der Waals surface area contributed by atoms with Gasteiger partial charge in [0.25, 0.3) is 0 Å². The quantitative estimate of drug-likeness (QED) is 0.486. The van der Waals surface area contributed by atoms with Crippen molar-refractivity contribution in [2.45, 2.75) is 31.5 Å². The van der Waals surface area contributed by atoms with Gasteiger partial charge in [-0.3, -0.25) is 4.68 Å². The third-order valence-corrected chi connectivity index (χ3v) is 4.47. The molecule has 1 unspecified atom stereocenters. The average Bonchev–Trinajstić information content (AvgIpc) is 3.19. The fraction of sp³-hybridized carbons (Fsp3) is 0.278. The largest absolute Gasteiger partial charge is 0.419 e. The van der Waals surface area contributed by atoms with Crippen LogP contribution in [0.15, 0.2) is 41.7 Å². The normalized spacial score (nSPS) is 12.1. The molecule has 4 N–H and O–H groups in total. The zero-order valence-corrected chi connectivity index (χ0v) is 17.3. The molecule has 0 aliphatic rings. The van der Waals surface area contributed by atoms with Crippen LogP contribution in [0.2, 0.25) is 0 Å². The van der Waals surface area contributed by atoms with Gasteiger partial charge < -0.3 is 10.4 Å². The van der Waals surface area contributed by atoms with Crippen molar-refractivity contribution in [3.63, 3.8) is 0 Å². The molecule has 13 heteroatoms. The Labute approximate surface area is 177 Å². The molecule has 168 valence electrons. The molecule has 0 radical (unpaired) electrons. The van der Waals surface area contributed by atoms with Gasteiger partial charge in [0.2, 0.25) is 5.95 Å². The first-order chi connectivity index (χ1) is 14.7. The minimum absolute atomic E-state index is 0.0402. The third kappa shape index (κ3) is 6.06. The predicted octanol–water partition coefficient (Wildman–Crippen LogP) is 3.24. The highest BCUT2D eigenvalue weighted by atomic mass is 32.2.